The molecule has 3 aromatic carbocycles. The molecule has 3 rings (SSSR count). The molecule has 0 aliphatic carbocycles. The predicted molar refractivity (Wildman–Crippen MR) is 104 cm³/mol. The fraction of sp³-hybridized carbons (Fsp3) is 0.190. The van der Waals surface area contributed by atoms with Crippen LogP contribution in [0, 0.1) is 6.92 Å². The molecule has 0 radical (unpaired) electrons. The lowest BCUT2D eigenvalue weighted by molar-refractivity contribution is 0.102. The standard InChI is InChI=1S/C21H22N2O3/c1-14-7-8-18(19(24)11-14)23-21(25)17-12-15-5-2-3-6-16(15)13-20(17)26-10-4-9-22/h2-3,5-8,11-13,24H,4,9-10,22H2,1H3,(H,23,25). The largest absolute Gasteiger partial charge is 0.506 e. The summed E-state index contributed by atoms with van der Waals surface area (Å²) in [6, 6.07) is 16.5. The zero-order valence-corrected chi connectivity index (χ0v) is 14.7. The summed E-state index contributed by atoms with van der Waals surface area (Å²) in [5, 5.41) is 14.7. The van der Waals surface area contributed by atoms with E-state index in [1.807, 2.05) is 43.3 Å². The van der Waals surface area contributed by atoms with Crippen molar-refractivity contribution in [1.82, 2.24) is 0 Å². The van der Waals surface area contributed by atoms with E-state index in [1.54, 1.807) is 18.2 Å². The van der Waals surface area contributed by atoms with Crippen LogP contribution in [0.5, 0.6) is 11.5 Å². The van der Waals surface area contributed by atoms with Crippen molar-refractivity contribution in [2.24, 2.45) is 5.73 Å². The minimum atomic E-state index is -0.336. The summed E-state index contributed by atoms with van der Waals surface area (Å²) in [6.45, 7) is 2.83. The molecule has 0 bridgehead atoms. The van der Waals surface area contributed by atoms with Crippen LogP contribution in [0.25, 0.3) is 10.8 Å². The summed E-state index contributed by atoms with van der Waals surface area (Å²) < 4.78 is 5.79. The lowest BCUT2D eigenvalue weighted by Crippen LogP contribution is -2.15. The number of hydrogen-bond donors (Lipinski definition) is 3. The monoisotopic (exact) mass is 350 g/mol. The number of benzene rings is 3. The van der Waals surface area contributed by atoms with Crippen LogP contribution in [0.1, 0.15) is 22.3 Å². The molecule has 0 aliphatic rings. The molecule has 134 valence electrons. The normalized spacial score (nSPS) is 10.7. The Bertz CT molecular complexity index is 938. The minimum Gasteiger partial charge on any atom is -0.506 e. The van der Waals surface area contributed by atoms with Crippen LogP contribution in [-0.4, -0.2) is 24.2 Å². The van der Waals surface area contributed by atoms with Crippen molar-refractivity contribution in [3.05, 3.63) is 65.7 Å². The maximum atomic E-state index is 12.8. The van der Waals surface area contributed by atoms with Crippen molar-refractivity contribution in [3.8, 4) is 11.5 Å². The van der Waals surface area contributed by atoms with E-state index in [4.69, 9.17) is 10.5 Å². The van der Waals surface area contributed by atoms with Gasteiger partial charge in [-0.2, -0.15) is 0 Å². The van der Waals surface area contributed by atoms with Gasteiger partial charge in [-0.3, -0.25) is 4.79 Å². The summed E-state index contributed by atoms with van der Waals surface area (Å²) in [7, 11) is 0. The number of phenols is 1. The van der Waals surface area contributed by atoms with Gasteiger partial charge in [-0.05, 0) is 60.5 Å². The van der Waals surface area contributed by atoms with Gasteiger partial charge in [0.25, 0.3) is 5.91 Å². The molecule has 0 heterocycles. The maximum Gasteiger partial charge on any atom is 0.259 e. The van der Waals surface area contributed by atoms with E-state index in [-0.39, 0.29) is 11.7 Å². The highest BCUT2D eigenvalue weighted by molar-refractivity contribution is 6.09. The number of nitrogens with one attached hydrogen (secondary N) is 1. The van der Waals surface area contributed by atoms with Gasteiger partial charge in [0.15, 0.2) is 0 Å². The zero-order valence-electron chi connectivity index (χ0n) is 14.7. The van der Waals surface area contributed by atoms with Crippen molar-refractivity contribution in [1.29, 1.82) is 0 Å². The zero-order chi connectivity index (χ0) is 18.5. The first kappa shape index (κ1) is 17.8. The average Bonchev–Trinajstić information content (AvgIpc) is 2.63. The number of amides is 1. The Hall–Kier alpha value is -3.05. The van der Waals surface area contributed by atoms with Crippen LogP contribution in [0.2, 0.25) is 0 Å². The average molecular weight is 350 g/mol. The van der Waals surface area contributed by atoms with E-state index >= 15 is 0 Å². The molecule has 5 heteroatoms. The van der Waals surface area contributed by atoms with Gasteiger partial charge in [0, 0.05) is 0 Å². The van der Waals surface area contributed by atoms with Crippen molar-refractivity contribution in [3.63, 3.8) is 0 Å². The van der Waals surface area contributed by atoms with Gasteiger partial charge in [-0.1, -0.05) is 30.3 Å². The van der Waals surface area contributed by atoms with Gasteiger partial charge in [0.2, 0.25) is 0 Å². The highest BCUT2D eigenvalue weighted by Crippen LogP contribution is 2.29. The van der Waals surface area contributed by atoms with Crippen molar-refractivity contribution < 1.29 is 14.6 Å². The Kier molecular flexibility index (Phi) is 5.39. The second-order valence-corrected chi connectivity index (χ2v) is 6.16. The second kappa shape index (κ2) is 7.89. The van der Waals surface area contributed by atoms with E-state index in [0.717, 1.165) is 16.3 Å². The fourth-order valence-corrected chi connectivity index (χ4v) is 2.72. The Morgan fingerprint density at radius 3 is 2.54 bits per heavy atom. The topological polar surface area (TPSA) is 84.6 Å². The highest BCUT2D eigenvalue weighted by Gasteiger charge is 2.16. The van der Waals surface area contributed by atoms with E-state index < -0.39 is 0 Å². The van der Waals surface area contributed by atoms with Crippen LogP contribution >= 0.6 is 0 Å². The molecule has 26 heavy (non-hydrogen) atoms. The molecule has 0 fully saturated rings. The molecular formula is C21H22N2O3. The van der Waals surface area contributed by atoms with Gasteiger partial charge in [0.1, 0.15) is 11.5 Å². The molecule has 0 atom stereocenters. The third-order valence-electron chi connectivity index (χ3n) is 4.10. The van der Waals surface area contributed by atoms with Crippen LogP contribution in [0.4, 0.5) is 5.69 Å². The maximum absolute atomic E-state index is 12.8. The van der Waals surface area contributed by atoms with Crippen LogP contribution < -0.4 is 15.8 Å². The molecule has 0 aliphatic heterocycles. The van der Waals surface area contributed by atoms with Gasteiger partial charge < -0.3 is 20.9 Å². The Labute approximate surface area is 152 Å². The van der Waals surface area contributed by atoms with Crippen molar-refractivity contribution in [2.45, 2.75) is 13.3 Å². The van der Waals surface area contributed by atoms with Crippen LogP contribution in [0.15, 0.2) is 54.6 Å². The molecule has 0 aromatic heterocycles. The quantitative estimate of drug-likeness (QED) is 0.466. The van der Waals surface area contributed by atoms with Crippen LogP contribution in [0.3, 0.4) is 0 Å². The Balaban J connectivity index is 1.95. The molecule has 3 aromatic rings. The highest BCUT2D eigenvalue weighted by atomic mass is 16.5. The number of aryl methyl sites for hydroxylation is 1. The lowest BCUT2D eigenvalue weighted by atomic mass is 10.0. The number of ether oxygens (including phenoxy) is 1. The Morgan fingerprint density at radius 1 is 1.12 bits per heavy atom. The summed E-state index contributed by atoms with van der Waals surface area (Å²) in [5.41, 5.74) is 7.22. The number of phenolic OH excluding ortho intramolecular Hbond substituents is 1. The van der Waals surface area contributed by atoms with Gasteiger partial charge in [0.05, 0.1) is 17.9 Å². The fourth-order valence-electron chi connectivity index (χ4n) is 2.72. The molecule has 0 saturated carbocycles. The van der Waals surface area contributed by atoms with Gasteiger partial charge in [-0.15, -0.1) is 0 Å². The molecule has 5 nitrogen and oxygen atoms in total. The molecule has 0 unspecified atom stereocenters. The van der Waals surface area contributed by atoms with E-state index in [0.29, 0.717) is 36.6 Å². The predicted octanol–water partition coefficient (Wildman–Crippen LogP) is 3.83. The van der Waals surface area contributed by atoms with Crippen molar-refractivity contribution in [2.75, 3.05) is 18.5 Å². The minimum absolute atomic E-state index is 0.0322. The van der Waals surface area contributed by atoms with Crippen LogP contribution in [-0.2, 0) is 0 Å². The number of aromatic hydroxyl groups is 1. The van der Waals surface area contributed by atoms with Gasteiger partial charge in [-0.25, -0.2) is 0 Å². The third-order valence-corrected chi connectivity index (χ3v) is 4.10. The summed E-state index contributed by atoms with van der Waals surface area (Å²) in [5.74, 6) is 0.198. The summed E-state index contributed by atoms with van der Waals surface area (Å²) in [6.07, 6.45) is 0.701. The number of carbonyl (C=O) groups is 1. The molecule has 4 N–H and O–H groups in total. The molecule has 0 saturated heterocycles. The summed E-state index contributed by atoms with van der Waals surface area (Å²) in [4.78, 5) is 12.8. The summed E-state index contributed by atoms with van der Waals surface area (Å²) >= 11 is 0. The number of nitrogens with two attached hydrogens (primary N) is 1. The van der Waals surface area contributed by atoms with Crippen molar-refractivity contribution >= 4 is 22.4 Å². The molecular weight excluding hydrogens is 328 g/mol. The van der Waals surface area contributed by atoms with E-state index in [1.165, 1.54) is 0 Å². The molecule has 1 amide bonds. The first-order chi connectivity index (χ1) is 12.6. The number of anilines is 1. The second-order valence-electron chi connectivity index (χ2n) is 6.16. The van der Waals surface area contributed by atoms with E-state index in [2.05, 4.69) is 5.32 Å². The third kappa shape index (κ3) is 3.95. The first-order valence-corrected chi connectivity index (χ1v) is 8.55. The number of hydrogen-bond acceptors (Lipinski definition) is 4. The number of rotatable bonds is 6. The number of carbonyl (C=O) groups excluding carboxylic acids is 1. The number of fused-ring (bicyclic) bond motifs is 1. The smallest absolute Gasteiger partial charge is 0.259 e. The molecule has 0 spiro atoms. The lowest BCUT2D eigenvalue weighted by Gasteiger charge is -2.14. The van der Waals surface area contributed by atoms with Gasteiger partial charge >= 0.3 is 0 Å². The SMILES string of the molecule is Cc1ccc(NC(=O)c2cc3ccccc3cc2OCCCN)c(O)c1. The Morgan fingerprint density at radius 2 is 1.85 bits per heavy atom. The van der Waals surface area contributed by atoms with E-state index in [9.17, 15) is 9.90 Å². The first-order valence-electron chi connectivity index (χ1n) is 8.55.